The Hall–Kier alpha value is -3.60. The number of carbonyl (C=O) groups excluding carboxylic acids is 2. The van der Waals surface area contributed by atoms with Gasteiger partial charge in [-0.3, -0.25) is 9.59 Å². The lowest BCUT2D eigenvalue weighted by Gasteiger charge is -2.09. The van der Waals surface area contributed by atoms with Crippen molar-refractivity contribution < 1.29 is 14.3 Å². The molecule has 5 heteroatoms. The number of benzene rings is 3. The van der Waals surface area contributed by atoms with E-state index in [1.165, 1.54) is 0 Å². The topological polar surface area (TPSA) is 67.4 Å². The quantitative estimate of drug-likeness (QED) is 0.680. The molecule has 0 saturated carbocycles. The minimum Gasteiger partial charge on any atom is -0.497 e. The summed E-state index contributed by atoms with van der Waals surface area (Å²) in [6, 6.07) is 21.7. The molecule has 3 aromatic rings. The van der Waals surface area contributed by atoms with Gasteiger partial charge in [0.05, 0.1) is 7.11 Å². The predicted octanol–water partition coefficient (Wildman–Crippen LogP) is 4.19. The molecule has 0 saturated heterocycles. The van der Waals surface area contributed by atoms with Crippen molar-refractivity contribution in [3.8, 4) is 5.75 Å². The van der Waals surface area contributed by atoms with Gasteiger partial charge >= 0.3 is 0 Å². The van der Waals surface area contributed by atoms with Crippen LogP contribution in [0.2, 0.25) is 0 Å². The van der Waals surface area contributed by atoms with Crippen molar-refractivity contribution in [2.75, 3.05) is 12.4 Å². The lowest BCUT2D eigenvalue weighted by Crippen LogP contribution is -2.23. The first-order valence-electron chi connectivity index (χ1n) is 8.94. The number of methoxy groups -OCH3 is 1. The molecule has 2 amide bonds. The van der Waals surface area contributed by atoms with E-state index in [1.807, 2.05) is 55.5 Å². The molecule has 28 heavy (non-hydrogen) atoms. The fraction of sp³-hybridized carbons (Fsp3) is 0.130. The Labute approximate surface area is 164 Å². The number of amides is 2. The maximum Gasteiger partial charge on any atom is 0.255 e. The zero-order valence-corrected chi connectivity index (χ0v) is 15.9. The molecule has 0 spiro atoms. The molecule has 142 valence electrons. The first kappa shape index (κ1) is 19.2. The molecule has 0 heterocycles. The first-order valence-corrected chi connectivity index (χ1v) is 8.94. The number of hydrogen-bond acceptors (Lipinski definition) is 3. The fourth-order valence-corrected chi connectivity index (χ4v) is 2.67. The van der Waals surface area contributed by atoms with Crippen LogP contribution in [-0.4, -0.2) is 18.9 Å². The van der Waals surface area contributed by atoms with Gasteiger partial charge in [-0.25, -0.2) is 0 Å². The van der Waals surface area contributed by atoms with Crippen molar-refractivity contribution in [3.05, 3.63) is 95.1 Å². The van der Waals surface area contributed by atoms with Gasteiger partial charge in [-0.1, -0.05) is 35.9 Å². The highest BCUT2D eigenvalue weighted by atomic mass is 16.5. The molecule has 0 radical (unpaired) electrons. The van der Waals surface area contributed by atoms with Gasteiger partial charge in [0.2, 0.25) is 0 Å². The SMILES string of the molecule is COc1ccc(CNC(=O)c2cccc(C(=O)Nc3ccc(C)cc3)c2)cc1. The summed E-state index contributed by atoms with van der Waals surface area (Å²) in [5.41, 5.74) is 3.66. The molecule has 0 aromatic heterocycles. The second-order valence-corrected chi connectivity index (χ2v) is 6.43. The van der Waals surface area contributed by atoms with Crippen molar-refractivity contribution in [1.29, 1.82) is 0 Å². The number of aryl methyl sites for hydroxylation is 1. The summed E-state index contributed by atoms with van der Waals surface area (Å²) in [4.78, 5) is 24.9. The van der Waals surface area contributed by atoms with Crippen molar-refractivity contribution in [2.24, 2.45) is 0 Å². The van der Waals surface area contributed by atoms with Crippen LogP contribution in [-0.2, 0) is 6.54 Å². The summed E-state index contributed by atoms with van der Waals surface area (Å²) in [7, 11) is 1.61. The van der Waals surface area contributed by atoms with Crippen LogP contribution >= 0.6 is 0 Å². The Balaban J connectivity index is 1.63. The Bertz CT molecular complexity index is 964. The van der Waals surface area contributed by atoms with Gasteiger partial charge in [0.25, 0.3) is 11.8 Å². The maximum atomic E-state index is 12.5. The Kier molecular flexibility index (Phi) is 6.07. The largest absolute Gasteiger partial charge is 0.497 e. The van der Waals surface area contributed by atoms with Gasteiger partial charge in [-0.15, -0.1) is 0 Å². The van der Waals surface area contributed by atoms with Crippen LogP contribution in [0.5, 0.6) is 5.75 Å². The van der Waals surface area contributed by atoms with Crippen molar-refractivity contribution >= 4 is 17.5 Å². The van der Waals surface area contributed by atoms with Gasteiger partial charge in [0.1, 0.15) is 5.75 Å². The van der Waals surface area contributed by atoms with E-state index in [0.717, 1.165) is 16.9 Å². The van der Waals surface area contributed by atoms with Gasteiger partial charge in [0, 0.05) is 23.4 Å². The molecule has 5 nitrogen and oxygen atoms in total. The normalized spacial score (nSPS) is 10.2. The van der Waals surface area contributed by atoms with E-state index < -0.39 is 0 Å². The number of carbonyl (C=O) groups is 2. The fourth-order valence-electron chi connectivity index (χ4n) is 2.67. The minimum absolute atomic E-state index is 0.235. The minimum atomic E-state index is -0.256. The van der Waals surface area contributed by atoms with E-state index in [9.17, 15) is 9.59 Å². The van der Waals surface area contributed by atoms with Crippen LogP contribution in [0, 0.1) is 6.92 Å². The average molecular weight is 374 g/mol. The van der Waals surface area contributed by atoms with Crippen LogP contribution in [0.4, 0.5) is 5.69 Å². The molecular weight excluding hydrogens is 352 g/mol. The van der Waals surface area contributed by atoms with Gasteiger partial charge in [-0.05, 0) is 55.0 Å². The van der Waals surface area contributed by atoms with Crippen molar-refractivity contribution in [1.82, 2.24) is 5.32 Å². The zero-order valence-electron chi connectivity index (χ0n) is 15.9. The highest BCUT2D eigenvalue weighted by Gasteiger charge is 2.11. The summed E-state index contributed by atoms with van der Waals surface area (Å²) in [6.07, 6.45) is 0. The van der Waals surface area contributed by atoms with E-state index in [-0.39, 0.29) is 11.8 Å². The number of rotatable bonds is 6. The van der Waals surface area contributed by atoms with Gasteiger partial charge in [-0.2, -0.15) is 0 Å². The molecular formula is C23H22N2O3. The summed E-state index contributed by atoms with van der Waals surface area (Å²) in [5.74, 6) is 0.275. The zero-order chi connectivity index (χ0) is 19.9. The van der Waals surface area contributed by atoms with Crippen LogP contribution in [0.25, 0.3) is 0 Å². The lowest BCUT2D eigenvalue weighted by atomic mass is 10.1. The molecule has 0 atom stereocenters. The molecule has 0 unspecified atom stereocenters. The third kappa shape index (κ3) is 4.98. The van der Waals surface area contributed by atoms with Gasteiger partial charge < -0.3 is 15.4 Å². The highest BCUT2D eigenvalue weighted by Crippen LogP contribution is 2.13. The molecule has 0 aliphatic rings. The van der Waals surface area contributed by atoms with E-state index in [0.29, 0.717) is 23.4 Å². The third-order valence-electron chi connectivity index (χ3n) is 4.31. The average Bonchev–Trinajstić information content (AvgIpc) is 2.74. The summed E-state index contributed by atoms with van der Waals surface area (Å²) in [5, 5.41) is 5.70. The summed E-state index contributed by atoms with van der Waals surface area (Å²) < 4.78 is 5.12. The summed E-state index contributed by atoms with van der Waals surface area (Å²) in [6.45, 7) is 2.38. The first-order chi connectivity index (χ1) is 13.5. The van der Waals surface area contributed by atoms with E-state index in [1.54, 1.807) is 31.4 Å². The van der Waals surface area contributed by atoms with Crippen LogP contribution in [0.3, 0.4) is 0 Å². The van der Waals surface area contributed by atoms with Crippen molar-refractivity contribution in [3.63, 3.8) is 0 Å². The van der Waals surface area contributed by atoms with E-state index in [2.05, 4.69) is 10.6 Å². The number of nitrogens with one attached hydrogen (secondary N) is 2. The molecule has 2 N–H and O–H groups in total. The molecule has 0 aliphatic heterocycles. The number of ether oxygens (including phenoxy) is 1. The number of anilines is 1. The molecule has 0 aliphatic carbocycles. The molecule has 0 fully saturated rings. The lowest BCUT2D eigenvalue weighted by molar-refractivity contribution is 0.0951. The van der Waals surface area contributed by atoms with Crippen LogP contribution in [0.1, 0.15) is 31.8 Å². The maximum absolute atomic E-state index is 12.5. The number of hydrogen-bond donors (Lipinski definition) is 2. The van der Waals surface area contributed by atoms with E-state index in [4.69, 9.17) is 4.74 Å². The smallest absolute Gasteiger partial charge is 0.255 e. The monoisotopic (exact) mass is 374 g/mol. The second kappa shape index (κ2) is 8.86. The Morgan fingerprint density at radius 3 is 2.14 bits per heavy atom. The second-order valence-electron chi connectivity index (χ2n) is 6.43. The molecule has 3 rings (SSSR count). The predicted molar refractivity (Wildman–Crippen MR) is 110 cm³/mol. The highest BCUT2D eigenvalue weighted by molar-refractivity contribution is 6.06. The molecule has 0 bridgehead atoms. The summed E-state index contributed by atoms with van der Waals surface area (Å²) >= 11 is 0. The Morgan fingerprint density at radius 2 is 1.50 bits per heavy atom. The van der Waals surface area contributed by atoms with Crippen LogP contribution in [0.15, 0.2) is 72.8 Å². The van der Waals surface area contributed by atoms with Gasteiger partial charge in [0.15, 0.2) is 0 Å². The van der Waals surface area contributed by atoms with Crippen molar-refractivity contribution in [2.45, 2.75) is 13.5 Å². The Morgan fingerprint density at radius 1 is 0.857 bits per heavy atom. The third-order valence-corrected chi connectivity index (χ3v) is 4.31. The van der Waals surface area contributed by atoms with Crippen LogP contribution < -0.4 is 15.4 Å². The standard InChI is InChI=1S/C23H22N2O3/c1-16-6-10-20(11-7-16)25-23(27)19-5-3-4-18(14-19)22(26)24-15-17-8-12-21(28-2)13-9-17/h3-14H,15H2,1-2H3,(H,24,26)(H,25,27). The molecule has 3 aromatic carbocycles. The van der Waals surface area contributed by atoms with E-state index >= 15 is 0 Å².